The van der Waals surface area contributed by atoms with Crippen LogP contribution in [-0.4, -0.2) is 18.3 Å². The minimum Gasteiger partial charge on any atom is -0.353 e. The molecular weight excluding hydrogens is 402 g/mol. The molecule has 3 aromatic carbocycles. The van der Waals surface area contributed by atoms with Gasteiger partial charge in [-0.25, -0.2) is 8.42 Å². The molecule has 1 aromatic heterocycles. The van der Waals surface area contributed by atoms with Gasteiger partial charge in [0.1, 0.15) is 0 Å². The first kappa shape index (κ1) is 19.7. The standard InChI is InChI=1S/C22H19N3O4S/c1-14-3-7-16(8-4-14)20-12-17-11-18(25(26)27)13-21(22(17)23-20)24-30(28,29)19-9-5-15(2)6-10-19/h3-13,23-24H,1-2H3. The van der Waals surface area contributed by atoms with Crippen LogP contribution in [0.4, 0.5) is 11.4 Å². The fraction of sp³-hybridized carbons (Fsp3) is 0.0909. The Hall–Kier alpha value is -3.65. The van der Waals surface area contributed by atoms with Gasteiger partial charge < -0.3 is 4.98 Å². The molecule has 152 valence electrons. The number of benzene rings is 3. The lowest BCUT2D eigenvalue weighted by Gasteiger charge is -2.09. The molecule has 7 nitrogen and oxygen atoms in total. The highest BCUT2D eigenvalue weighted by Crippen LogP contribution is 2.34. The van der Waals surface area contributed by atoms with Crippen LogP contribution in [-0.2, 0) is 10.0 Å². The fourth-order valence-electron chi connectivity index (χ4n) is 3.22. The summed E-state index contributed by atoms with van der Waals surface area (Å²) in [5, 5.41) is 11.9. The van der Waals surface area contributed by atoms with Gasteiger partial charge in [-0.1, -0.05) is 47.5 Å². The molecule has 4 aromatic rings. The van der Waals surface area contributed by atoms with Crippen molar-refractivity contribution in [2.24, 2.45) is 0 Å². The number of rotatable bonds is 5. The summed E-state index contributed by atoms with van der Waals surface area (Å²) in [6, 6.07) is 18.6. The van der Waals surface area contributed by atoms with E-state index in [1.54, 1.807) is 18.2 Å². The van der Waals surface area contributed by atoms with Crippen molar-refractivity contribution in [1.82, 2.24) is 4.98 Å². The van der Waals surface area contributed by atoms with Gasteiger partial charge in [-0.2, -0.15) is 0 Å². The highest BCUT2D eigenvalue weighted by atomic mass is 32.2. The van der Waals surface area contributed by atoms with Gasteiger partial charge in [0.2, 0.25) is 0 Å². The number of anilines is 1. The van der Waals surface area contributed by atoms with Crippen molar-refractivity contribution >= 4 is 32.3 Å². The van der Waals surface area contributed by atoms with Crippen LogP contribution in [0.3, 0.4) is 0 Å². The van der Waals surface area contributed by atoms with Crippen LogP contribution < -0.4 is 4.72 Å². The number of nitro benzene ring substituents is 1. The number of hydrogen-bond donors (Lipinski definition) is 2. The third-order valence-corrected chi connectivity index (χ3v) is 6.24. The van der Waals surface area contributed by atoms with Gasteiger partial charge in [-0.15, -0.1) is 0 Å². The second-order valence-corrected chi connectivity index (χ2v) is 8.86. The Kier molecular flexibility index (Phi) is 4.79. The highest BCUT2D eigenvalue weighted by molar-refractivity contribution is 7.92. The third kappa shape index (κ3) is 3.77. The maximum atomic E-state index is 12.9. The first-order chi connectivity index (χ1) is 14.2. The van der Waals surface area contributed by atoms with Crippen molar-refractivity contribution in [3.8, 4) is 11.3 Å². The number of aromatic nitrogens is 1. The molecule has 4 rings (SSSR count). The van der Waals surface area contributed by atoms with Gasteiger partial charge >= 0.3 is 0 Å². The van der Waals surface area contributed by atoms with Crippen LogP contribution in [0, 0.1) is 24.0 Å². The molecule has 0 unspecified atom stereocenters. The van der Waals surface area contributed by atoms with Crippen molar-refractivity contribution in [2.75, 3.05) is 4.72 Å². The summed E-state index contributed by atoms with van der Waals surface area (Å²) in [6.45, 7) is 3.84. The number of sulfonamides is 1. The molecular formula is C22H19N3O4S. The number of hydrogen-bond acceptors (Lipinski definition) is 4. The van der Waals surface area contributed by atoms with Gasteiger partial charge in [-0.3, -0.25) is 14.8 Å². The number of H-pyrrole nitrogens is 1. The Morgan fingerprint density at radius 2 is 1.50 bits per heavy atom. The van der Waals surface area contributed by atoms with E-state index in [1.807, 2.05) is 38.1 Å². The lowest BCUT2D eigenvalue weighted by molar-refractivity contribution is -0.384. The molecule has 0 aliphatic heterocycles. The summed E-state index contributed by atoms with van der Waals surface area (Å²) < 4.78 is 28.2. The Bertz CT molecular complexity index is 1360. The summed E-state index contributed by atoms with van der Waals surface area (Å²) in [5.41, 5.74) is 4.08. The van der Waals surface area contributed by atoms with Crippen LogP contribution in [0.2, 0.25) is 0 Å². The molecule has 1 heterocycles. The Labute approximate surface area is 173 Å². The number of nitrogens with zero attached hydrogens (tertiary/aromatic N) is 1. The van der Waals surface area contributed by atoms with E-state index in [4.69, 9.17) is 0 Å². The zero-order valence-electron chi connectivity index (χ0n) is 16.3. The molecule has 0 amide bonds. The second-order valence-electron chi connectivity index (χ2n) is 7.18. The summed E-state index contributed by atoms with van der Waals surface area (Å²) >= 11 is 0. The molecule has 2 N–H and O–H groups in total. The Morgan fingerprint density at radius 1 is 0.900 bits per heavy atom. The van der Waals surface area contributed by atoms with E-state index in [1.165, 1.54) is 24.3 Å². The maximum absolute atomic E-state index is 12.9. The van der Waals surface area contributed by atoms with Crippen LogP contribution in [0.5, 0.6) is 0 Å². The smallest absolute Gasteiger partial charge is 0.272 e. The number of nitro groups is 1. The minimum atomic E-state index is -3.92. The second kappa shape index (κ2) is 7.31. The van der Waals surface area contributed by atoms with Crippen LogP contribution in [0.1, 0.15) is 11.1 Å². The number of non-ortho nitro benzene ring substituents is 1. The fourth-order valence-corrected chi connectivity index (χ4v) is 4.29. The van der Waals surface area contributed by atoms with Crippen molar-refractivity contribution in [3.05, 3.63) is 88.0 Å². The lowest BCUT2D eigenvalue weighted by atomic mass is 10.1. The Balaban J connectivity index is 1.84. The van der Waals surface area contributed by atoms with E-state index in [0.717, 1.165) is 22.4 Å². The van der Waals surface area contributed by atoms with E-state index in [9.17, 15) is 18.5 Å². The average Bonchev–Trinajstić information content (AvgIpc) is 3.13. The molecule has 0 aliphatic rings. The number of fused-ring (bicyclic) bond motifs is 1. The average molecular weight is 421 g/mol. The molecule has 0 saturated carbocycles. The summed E-state index contributed by atoms with van der Waals surface area (Å²) in [5.74, 6) is 0. The molecule has 8 heteroatoms. The summed E-state index contributed by atoms with van der Waals surface area (Å²) in [6.07, 6.45) is 0. The quantitative estimate of drug-likeness (QED) is 0.343. The van der Waals surface area contributed by atoms with E-state index in [-0.39, 0.29) is 16.3 Å². The highest BCUT2D eigenvalue weighted by Gasteiger charge is 2.20. The first-order valence-corrected chi connectivity index (χ1v) is 10.7. The van der Waals surface area contributed by atoms with Crippen LogP contribution >= 0.6 is 0 Å². The number of aryl methyl sites for hydroxylation is 2. The topological polar surface area (TPSA) is 105 Å². The number of nitrogens with one attached hydrogen (secondary N) is 2. The molecule has 0 atom stereocenters. The zero-order valence-corrected chi connectivity index (χ0v) is 17.2. The molecule has 0 fully saturated rings. The van der Waals surface area contributed by atoms with Crippen molar-refractivity contribution in [2.45, 2.75) is 18.7 Å². The Morgan fingerprint density at radius 3 is 2.10 bits per heavy atom. The minimum absolute atomic E-state index is 0.0815. The molecule has 0 radical (unpaired) electrons. The normalized spacial score (nSPS) is 11.5. The molecule has 0 saturated heterocycles. The first-order valence-electron chi connectivity index (χ1n) is 9.21. The summed E-state index contributed by atoms with van der Waals surface area (Å²) in [7, 11) is -3.92. The molecule has 0 aliphatic carbocycles. The van der Waals surface area contributed by atoms with Crippen molar-refractivity contribution in [1.29, 1.82) is 0 Å². The van der Waals surface area contributed by atoms with E-state index < -0.39 is 14.9 Å². The van der Waals surface area contributed by atoms with E-state index >= 15 is 0 Å². The van der Waals surface area contributed by atoms with Gasteiger partial charge in [0.05, 0.1) is 21.0 Å². The number of aromatic amines is 1. The van der Waals surface area contributed by atoms with Crippen LogP contribution in [0.15, 0.2) is 71.6 Å². The third-order valence-electron chi connectivity index (χ3n) is 4.86. The monoisotopic (exact) mass is 421 g/mol. The van der Waals surface area contributed by atoms with Crippen molar-refractivity contribution in [3.63, 3.8) is 0 Å². The van der Waals surface area contributed by atoms with Gasteiger partial charge in [0.15, 0.2) is 0 Å². The van der Waals surface area contributed by atoms with Gasteiger partial charge in [0.25, 0.3) is 15.7 Å². The molecule has 0 spiro atoms. The predicted molar refractivity (Wildman–Crippen MR) is 117 cm³/mol. The van der Waals surface area contributed by atoms with E-state index in [0.29, 0.717) is 10.9 Å². The lowest BCUT2D eigenvalue weighted by Crippen LogP contribution is -2.13. The van der Waals surface area contributed by atoms with E-state index in [2.05, 4.69) is 9.71 Å². The zero-order chi connectivity index (χ0) is 21.5. The van der Waals surface area contributed by atoms with Gasteiger partial charge in [-0.05, 0) is 37.6 Å². The predicted octanol–water partition coefficient (Wildman–Crippen LogP) is 5.16. The van der Waals surface area contributed by atoms with Gasteiger partial charge in [0, 0.05) is 23.2 Å². The summed E-state index contributed by atoms with van der Waals surface area (Å²) in [4.78, 5) is 14.1. The SMILES string of the molecule is Cc1ccc(-c2cc3cc([N+](=O)[O-])cc(NS(=O)(=O)c4ccc(C)cc4)c3[nH]2)cc1. The largest absolute Gasteiger partial charge is 0.353 e. The van der Waals surface area contributed by atoms with Crippen LogP contribution in [0.25, 0.3) is 22.2 Å². The maximum Gasteiger partial charge on any atom is 0.272 e. The molecule has 0 bridgehead atoms. The molecule has 30 heavy (non-hydrogen) atoms. The van der Waals surface area contributed by atoms with Crippen molar-refractivity contribution < 1.29 is 13.3 Å².